The van der Waals surface area contributed by atoms with Crippen LogP contribution in [0.25, 0.3) is 0 Å². The van der Waals surface area contributed by atoms with Gasteiger partial charge in [-0.1, -0.05) is 70.4 Å². The second-order valence-corrected chi connectivity index (χ2v) is 10.6. The van der Waals surface area contributed by atoms with Gasteiger partial charge in [-0.15, -0.1) is 0 Å². The van der Waals surface area contributed by atoms with Gasteiger partial charge in [-0.3, -0.25) is 0 Å². The van der Waals surface area contributed by atoms with Crippen LogP contribution in [0.4, 0.5) is 0 Å². The predicted octanol–water partition coefficient (Wildman–Crippen LogP) is 7.78. The van der Waals surface area contributed by atoms with Gasteiger partial charge in [-0.25, -0.2) is 0 Å². The van der Waals surface area contributed by atoms with Gasteiger partial charge < -0.3 is 0 Å². The van der Waals surface area contributed by atoms with Gasteiger partial charge in [-0.2, -0.15) is 0 Å². The molecule has 0 heterocycles. The average Bonchev–Trinajstić information content (AvgIpc) is 3.05. The first-order valence-corrected chi connectivity index (χ1v) is 11.9. The lowest BCUT2D eigenvalue weighted by molar-refractivity contribution is 0.117. The molecule has 0 heteroatoms. The molecule has 0 aliphatic heterocycles. The molecule has 25 heavy (non-hydrogen) atoms. The maximum Gasteiger partial charge on any atom is -0.0169 e. The third-order valence-corrected chi connectivity index (χ3v) is 8.80. The minimum Gasteiger partial charge on any atom is -0.0673 e. The Hall–Kier alpha value is -0.260. The fourth-order valence-corrected chi connectivity index (χ4v) is 7.55. The summed E-state index contributed by atoms with van der Waals surface area (Å²) in [5.74, 6) is 7.10. The van der Waals surface area contributed by atoms with Gasteiger partial charge in [-0.05, 0) is 86.4 Å². The van der Waals surface area contributed by atoms with Crippen molar-refractivity contribution in [2.45, 2.75) is 104 Å². The SMILES string of the molecule is CC(C)CCC[C@@H](C)C1CCC2=C3CCC4CCCCC4C3CCC21. The Morgan fingerprint density at radius 2 is 1.48 bits per heavy atom. The Balaban J connectivity index is 1.44. The van der Waals surface area contributed by atoms with Gasteiger partial charge in [0.05, 0.1) is 0 Å². The lowest BCUT2D eigenvalue weighted by Crippen LogP contribution is -2.36. The lowest BCUT2D eigenvalue weighted by atomic mass is 9.58. The summed E-state index contributed by atoms with van der Waals surface area (Å²) in [6.07, 6.45) is 19.7. The maximum absolute atomic E-state index is 2.59. The number of hydrogen-bond acceptors (Lipinski definition) is 0. The number of allylic oxidation sites excluding steroid dienone is 2. The van der Waals surface area contributed by atoms with E-state index in [4.69, 9.17) is 0 Å². The first kappa shape index (κ1) is 18.1. The Kier molecular flexibility index (Phi) is 5.63. The zero-order chi connectivity index (χ0) is 17.4. The zero-order valence-corrected chi connectivity index (χ0v) is 17.2. The van der Waals surface area contributed by atoms with Crippen molar-refractivity contribution >= 4 is 0 Å². The average molecular weight is 343 g/mol. The Morgan fingerprint density at radius 3 is 2.32 bits per heavy atom. The minimum atomic E-state index is 0.884. The molecule has 0 amide bonds. The van der Waals surface area contributed by atoms with Gasteiger partial charge >= 0.3 is 0 Å². The van der Waals surface area contributed by atoms with Crippen LogP contribution in [-0.4, -0.2) is 0 Å². The summed E-state index contributed by atoms with van der Waals surface area (Å²) in [4.78, 5) is 0. The van der Waals surface area contributed by atoms with Crippen LogP contribution >= 0.6 is 0 Å². The van der Waals surface area contributed by atoms with Crippen molar-refractivity contribution in [1.82, 2.24) is 0 Å². The molecule has 0 saturated heterocycles. The first-order chi connectivity index (χ1) is 12.1. The van der Waals surface area contributed by atoms with E-state index in [9.17, 15) is 0 Å². The number of hydrogen-bond donors (Lipinski definition) is 0. The molecule has 3 fully saturated rings. The van der Waals surface area contributed by atoms with Gasteiger partial charge in [0, 0.05) is 0 Å². The summed E-state index contributed by atoms with van der Waals surface area (Å²) in [5, 5.41) is 0. The van der Waals surface area contributed by atoms with Crippen molar-refractivity contribution < 1.29 is 0 Å². The monoisotopic (exact) mass is 342 g/mol. The van der Waals surface area contributed by atoms with Crippen LogP contribution in [0.2, 0.25) is 0 Å². The standard InChI is InChI=1S/C25H42/c1-17(2)7-6-8-18(3)20-13-14-25-22(20)15-16-23-21-10-5-4-9-19(21)11-12-24(23)25/h17-23H,4-16H2,1-3H3/t18-,19?,20?,21?,22?,23?/m1/s1. The second kappa shape index (κ2) is 7.77. The molecule has 4 aliphatic rings. The molecule has 0 spiro atoms. The molecule has 0 bridgehead atoms. The van der Waals surface area contributed by atoms with E-state index in [1.165, 1.54) is 51.4 Å². The van der Waals surface area contributed by atoms with Crippen molar-refractivity contribution in [3.63, 3.8) is 0 Å². The van der Waals surface area contributed by atoms with Crippen LogP contribution in [0, 0.1) is 41.4 Å². The molecule has 0 N–H and O–H groups in total. The van der Waals surface area contributed by atoms with E-state index < -0.39 is 0 Å². The molecule has 0 aromatic carbocycles. The molecule has 0 nitrogen and oxygen atoms in total. The van der Waals surface area contributed by atoms with Gasteiger partial charge in [0.15, 0.2) is 0 Å². The fraction of sp³-hybridized carbons (Fsp3) is 0.920. The highest BCUT2D eigenvalue weighted by Crippen LogP contribution is 2.57. The highest BCUT2D eigenvalue weighted by Gasteiger charge is 2.45. The fourth-order valence-electron chi connectivity index (χ4n) is 7.55. The molecule has 3 saturated carbocycles. The van der Waals surface area contributed by atoms with E-state index in [1.54, 1.807) is 32.1 Å². The summed E-state index contributed by atoms with van der Waals surface area (Å²) < 4.78 is 0. The molecule has 142 valence electrons. The molecule has 0 aromatic heterocycles. The third kappa shape index (κ3) is 3.61. The first-order valence-electron chi connectivity index (χ1n) is 11.9. The molecular formula is C25H42. The van der Waals surface area contributed by atoms with Gasteiger partial charge in [0.2, 0.25) is 0 Å². The van der Waals surface area contributed by atoms with Crippen LogP contribution in [-0.2, 0) is 0 Å². The van der Waals surface area contributed by atoms with Crippen molar-refractivity contribution in [3.8, 4) is 0 Å². The van der Waals surface area contributed by atoms with E-state index in [1.807, 2.05) is 11.1 Å². The predicted molar refractivity (Wildman–Crippen MR) is 108 cm³/mol. The molecule has 4 rings (SSSR count). The number of rotatable bonds is 5. The molecular weight excluding hydrogens is 300 g/mol. The lowest BCUT2D eigenvalue weighted by Gasteiger charge is -2.47. The van der Waals surface area contributed by atoms with E-state index in [-0.39, 0.29) is 0 Å². The summed E-state index contributed by atoms with van der Waals surface area (Å²) >= 11 is 0. The zero-order valence-electron chi connectivity index (χ0n) is 17.2. The summed E-state index contributed by atoms with van der Waals surface area (Å²) in [5.41, 5.74) is 4.04. The highest BCUT2D eigenvalue weighted by atomic mass is 14.5. The molecule has 0 aromatic rings. The summed E-state index contributed by atoms with van der Waals surface area (Å²) in [6, 6.07) is 0. The topological polar surface area (TPSA) is 0 Å². The normalized spacial score (nSPS) is 39.1. The number of fused-ring (bicyclic) bond motifs is 4. The third-order valence-electron chi connectivity index (χ3n) is 8.80. The van der Waals surface area contributed by atoms with Crippen molar-refractivity contribution in [2.24, 2.45) is 41.4 Å². The van der Waals surface area contributed by atoms with Crippen molar-refractivity contribution in [2.75, 3.05) is 0 Å². The smallest absolute Gasteiger partial charge is 0.0169 e. The van der Waals surface area contributed by atoms with Gasteiger partial charge in [0.1, 0.15) is 0 Å². The summed E-state index contributed by atoms with van der Waals surface area (Å²) in [6.45, 7) is 7.35. The van der Waals surface area contributed by atoms with Crippen LogP contribution in [0.5, 0.6) is 0 Å². The van der Waals surface area contributed by atoms with Gasteiger partial charge in [0.25, 0.3) is 0 Å². The molecule has 0 radical (unpaired) electrons. The summed E-state index contributed by atoms with van der Waals surface area (Å²) in [7, 11) is 0. The van der Waals surface area contributed by atoms with Crippen LogP contribution in [0.15, 0.2) is 11.1 Å². The van der Waals surface area contributed by atoms with E-state index in [0.29, 0.717) is 0 Å². The van der Waals surface area contributed by atoms with Crippen molar-refractivity contribution in [1.29, 1.82) is 0 Å². The van der Waals surface area contributed by atoms with Crippen LogP contribution < -0.4 is 0 Å². The maximum atomic E-state index is 2.59. The van der Waals surface area contributed by atoms with E-state index >= 15 is 0 Å². The Bertz CT molecular complexity index is 484. The second-order valence-electron chi connectivity index (χ2n) is 10.6. The Labute approximate surface area is 157 Å². The van der Waals surface area contributed by atoms with Crippen LogP contribution in [0.1, 0.15) is 104 Å². The van der Waals surface area contributed by atoms with Crippen molar-refractivity contribution in [3.05, 3.63) is 11.1 Å². The largest absolute Gasteiger partial charge is 0.0673 e. The minimum absolute atomic E-state index is 0.884. The molecule has 4 aliphatic carbocycles. The van der Waals surface area contributed by atoms with Crippen LogP contribution in [0.3, 0.4) is 0 Å². The Morgan fingerprint density at radius 1 is 0.760 bits per heavy atom. The van der Waals surface area contributed by atoms with E-state index in [2.05, 4.69) is 20.8 Å². The molecule has 6 atom stereocenters. The van der Waals surface area contributed by atoms with E-state index in [0.717, 1.165) is 41.4 Å². The highest BCUT2D eigenvalue weighted by molar-refractivity contribution is 5.29. The quantitative estimate of drug-likeness (QED) is 0.447. The molecule has 5 unspecified atom stereocenters.